The van der Waals surface area contributed by atoms with Gasteiger partial charge >= 0.3 is 0 Å². The van der Waals surface area contributed by atoms with E-state index in [1.807, 2.05) is 0 Å². The first kappa shape index (κ1) is 16.1. The van der Waals surface area contributed by atoms with E-state index in [-0.39, 0.29) is 5.76 Å². The number of hydrogen-bond acceptors (Lipinski definition) is 2. The van der Waals surface area contributed by atoms with Crippen molar-refractivity contribution in [2.45, 2.75) is 19.9 Å². The van der Waals surface area contributed by atoms with Crippen molar-refractivity contribution in [3.05, 3.63) is 70.7 Å². The summed E-state index contributed by atoms with van der Waals surface area (Å²) in [6.45, 7) is 3.30. The van der Waals surface area contributed by atoms with Crippen LogP contribution in [0.25, 0.3) is 11.0 Å². The second kappa shape index (κ2) is 6.03. The zero-order chi connectivity index (χ0) is 17.4. The number of fused-ring (bicyclic) bond motifs is 1. The number of aryl methyl sites for hydroxylation is 1. The lowest BCUT2D eigenvalue weighted by atomic mass is 10.1. The highest BCUT2D eigenvalue weighted by Gasteiger charge is 2.20. The molecule has 0 saturated carbocycles. The summed E-state index contributed by atoms with van der Waals surface area (Å²) in [4.78, 5) is 12.4. The van der Waals surface area contributed by atoms with Gasteiger partial charge < -0.3 is 9.73 Å². The SMILES string of the molecule is Cc1c(C(=O)NC(C)c2ccc(F)c(F)c2)oc2ccc(F)cc12. The van der Waals surface area contributed by atoms with Crippen LogP contribution >= 0.6 is 0 Å². The van der Waals surface area contributed by atoms with E-state index in [4.69, 9.17) is 4.42 Å². The maximum atomic E-state index is 13.3. The van der Waals surface area contributed by atoms with Crippen LogP contribution in [-0.4, -0.2) is 5.91 Å². The van der Waals surface area contributed by atoms with E-state index in [0.717, 1.165) is 12.1 Å². The molecule has 1 atom stereocenters. The number of carbonyl (C=O) groups excluding carboxylic acids is 1. The molecule has 24 heavy (non-hydrogen) atoms. The Labute approximate surface area is 136 Å². The van der Waals surface area contributed by atoms with Gasteiger partial charge in [0.05, 0.1) is 6.04 Å². The summed E-state index contributed by atoms with van der Waals surface area (Å²) in [6, 6.07) is 6.86. The molecule has 3 rings (SSSR count). The third-order valence-electron chi connectivity index (χ3n) is 3.90. The molecule has 1 heterocycles. The minimum absolute atomic E-state index is 0.0602. The number of rotatable bonds is 3. The molecule has 0 fully saturated rings. The van der Waals surface area contributed by atoms with Gasteiger partial charge in [-0.2, -0.15) is 0 Å². The van der Waals surface area contributed by atoms with Crippen LogP contribution in [0.3, 0.4) is 0 Å². The lowest BCUT2D eigenvalue weighted by Gasteiger charge is -2.14. The molecule has 0 bridgehead atoms. The molecular weight excluding hydrogens is 319 g/mol. The smallest absolute Gasteiger partial charge is 0.287 e. The van der Waals surface area contributed by atoms with Gasteiger partial charge in [-0.3, -0.25) is 4.79 Å². The Balaban J connectivity index is 1.86. The van der Waals surface area contributed by atoms with Crippen LogP contribution in [0.2, 0.25) is 0 Å². The average molecular weight is 333 g/mol. The van der Waals surface area contributed by atoms with Crippen molar-refractivity contribution < 1.29 is 22.4 Å². The molecule has 6 heteroatoms. The number of benzene rings is 2. The summed E-state index contributed by atoms with van der Waals surface area (Å²) in [6.07, 6.45) is 0. The molecule has 124 valence electrons. The predicted octanol–water partition coefficient (Wildman–Crippen LogP) is 4.65. The highest BCUT2D eigenvalue weighted by atomic mass is 19.2. The van der Waals surface area contributed by atoms with Crippen LogP contribution in [0.15, 0.2) is 40.8 Å². The monoisotopic (exact) mass is 333 g/mol. The van der Waals surface area contributed by atoms with Crippen molar-refractivity contribution in [1.29, 1.82) is 0 Å². The fourth-order valence-electron chi connectivity index (χ4n) is 2.54. The number of hydrogen-bond donors (Lipinski definition) is 1. The first-order valence-corrected chi connectivity index (χ1v) is 7.31. The molecular formula is C18H14F3NO2. The molecule has 0 spiro atoms. The molecule has 1 N–H and O–H groups in total. The van der Waals surface area contributed by atoms with Crippen LogP contribution in [0.1, 0.15) is 34.6 Å². The highest BCUT2D eigenvalue weighted by Crippen LogP contribution is 2.26. The summed E-state index contributed by atoms with van der Waals surface area (Å²) in [7, 11) is 0. The lowest BCUT2D eigenvalue weighted by Crippen LogP contribution is -2.26. The van der Waals surface area contributed by atoms with Crippen molar-refractivity contribution in [3.63, 3.8) is 0 Å². The first-order chi connectivity index (χ1) is 11.4. The first-order valence-electron chi connectivity index (χ1n) is 7.31. The van der Waals surface area contributed by atoms with Crippen molar-refractivity contribution in [3.8, 4) is 0 Å². The summed E-state index contributed by atoms with van der Waals surface area (Å²) in [5.74, 6) is -2.81. The van der Waals surface area contributed by atoms with Crippen molar-refractivity contribution >= 4 is 16.9 Å². The Kier molecular flexibility index (Phi) is 4.05. The largest absolute Gasteiger partial charge is 0.451 e. The number of carbonyl (C=O) groups is 1. The summed E-state index contributed by atoms with van der Waals surface area (Å²) < 4.78 is 45.1. The second-order valence-electron chi connectivity index (χ2n) is 5.57. The summed E-state index contributed by atoms with van der Waals surface area (Å²) in [5, 5.41) is 3.17. The van der Waals surface area contributed by atoms with Crippen LogP contribution in [0.4, 0.5) is 13.2 Å². The van der Waals surface area contributed by atoms with Crippen LogP contribution in [0.5, 0.6) is 0 Å². The number of halogens is 3. The van der Waals surface area contributed by atoms with Gasteiger partial charge in [-0.25, -0.2) is 13.2 Å². The van der Waals surface area contributed by atoms with Crippen molar-refractivity contribution in [2.75, 3.05) is 0 Å². The summed E-state index contributed by atoms with van der Waals surface area (Å²) >= 11 is 0. The molecule has 0 aliphatic carbocycles. The van der Waals surface area contributed by atoms with E-state index in [9.17, 15) is 18.0 Å². The van der Waals surface area contributed by atoms with Crippen molar-refractivity contribution in [2.24, 2.45) is 0 Å². The minimum Gasteiger partial charge on any atom is -0.451 e. The van der Waals surface area contributed by atoms with Gasteiger partial charge in [0.15, 0.2) is 17.4 Å². The van der Waals surface area contributed by atoms with Gasteiger partial charge in [-0.1, -0.05) is 6.07 Å². The van der Waals surface area contributed by atoms with Gasteiger partial charge in [-0.15, -0.1) is 0 Å². The van der Waals surface area contributed by atoms with Gasteiger partial charge in [-0.05, 0) is 49.7 Å². The Bertz CT molecular complexity index is 933. The van der Waals surface area contributed by atoms with Crippen LogP contribution < -0.4 is 5.32 Å². The Morgan fingerprint density at radius 1 is 1.08 bits per heavy atom. The van der Waals surface area contributed by atoms with E-state index in [1.54, 1.807) is 13.8 Å². The molecule has 1 aromatic heterocycles. The van der Waals surface area contributed by atoms with Gasteiger partial charge in [0, 0.05) is 10.9 Å². The van der Waals surface area contributed by atoms with E-state index < -0.39 is 29.4 Å². The van der Waals surface area contributed by atoms with E-state index in [0.29, 0.717) is 22.1 Å². The highest BCUT2D eigenvalue weighted by molar-refractivity contribution is 5.99. The molecule has 3 nitrogen and oxygen atoms in total. The fraction of sp³-hybridized carbons (Fsp3) is 0.167. The predicted molar refractivity (Wildman–Crippen MR) is 83.1 cm³/mol. The maximum Gasteiger partial charge on any atom is 0.287 e. The van der Waals surface area contributed by atoms with E-state index in [2.05, 4.69) is 5.32 Å². The average Bonchev–Trinajstić information content (AvgIpc) is 2.86. The molecule has 0 aliphatic rings. The number of nitrogens with one attached hydrogen (secondary N) is 1. The molecule has 3 aromatic rings. The topological polar surface area (TPSA) is 42.2 Å². The van der Waals surface area contributed by atoms with Gasteiger partial charge in [0.1, 0.15) is 11.4 Å². The zero-order valence-corrected chi connectivity index (χ0v) is 13.0. The van der Waals surface area contributed by atoms with Gasteiger partial charge in [0.25, 0.3) is 5.91 Å². The third-order valence-corrected chi connectivity index (χ3v) is 3.90. The molecule has 0 saturated heterocycles. The Hall–Kier alpha value is -2.76. The lowest BCUT2D eigenvalue weighted by molar-refractivity contribution is 0.0913. The fourth-order valence-corrected chi connectivity index (χ4v) is 2.54. The quantitative estimate of drug-likeness (QED) is 0.758. The standard InChI is InChI=1S/C18H14F3NO2/c1-9-13-8-12(19)4-6-16(13)24-17(9)18(23)22-10(2)11-3-5-14(20)15(21)7-11/h3-8,10H,1-2H3,(H,22,23). The van der Waals surface area contributed by atoms with E-state index in [1.165, 1.54) is 24.3 Å². The Morgan fingerprint density at radius 2 is 1.83 bits per heavy atom. The summed E-state index contributed by atoms with van der Waals surface area (Å²) in [5.41, 5.74) is 1.33. The van der Waals surface area contributed by atoms with Crippen LogP contribution in [-0.2, 0) is 0 Å². The molecule has 2 aromatic carbocycles. The molecule has 1 amide bonds. The zero-order valence-electron chi connectivity index (χ0n) is 13.0. The third kappa shape index (κ3) is 2.87. The van der Waals surface area contributed by atoms with Gasteiger partial charge in [0.2, 0.25) is 0 Å². The molecule has 1 unspecified atom stereocenters. The maximum absolute atomic E-state index is 13.3. The molecule has 0 radical (unpaired) electrons. The van der Waals surface area contributed by atoms with Crippen LogP contribution in [0, 0.1) is 24.4 Å². The number of amides is 1. The normalized spacial score (nSPS) is 12.4. The van der Waals surface area contributed by atoms with Crippen molar-refractivity contribution in [1.82, 2.24) is 5.32 Å². The molecule has 0 aliphatic heterocycles. The Morgan fingerprint density at radius 3 is 2.54 bits per heavy atom. The second-order valence-corrected chi connectivity index (χ2v) is 5.57. The number of furan rings is 1. The minimum atomic E-state index is -0.982. The van der Waals surface area contributed by atoms with E-state index >= 15 is 0 Å².